The number of carbonyl (C=O) groups excluding carboxylic acids is 1. The SMILES string of the molecule is CCN(CCn1cccn1)C(=O)c1cnc(C(C)C)nc1. The van der Waals surface area contributed by atoms with Crippen LogP contribution in [0.15, 0.2) is 30.9 Å². The normalized spacial score (nSPS) is 10.9. The summed E-state index contributed by atoms with van der Waals surface area (Å²) in [5, 5.41) is 4.14. The molecule has 0 spiro atoms. The van der Waals surface area contributed by atoms with E-state index in [1.165, 1.54) is 0 Å². The molecule has 0 unspecified atom stereocenters. The highest BCUT2D eigenvalue weighted by molar-refractivity contribution is 5.93. The van der Waals surface area contributed by atoms with Gasteiger partial charge >= 0.3 is 0 Å². The monoisotopic (exact) mass is 287 g/mol. The lowest BCUT2D eigenvalue weighted by Gasteiger charge is -2.20. The maximum atomic E-state index is 12.4. The molecule has 1 amide bonds. The molecule has 0 N–H and O–H groups in total. The molecular formula is C15H21N5O. The first kappa shape index (κ1) is 15.2. The lowest BCUT2D eigenvalue weighted by Crippen LogP contribution is -2.34. The van der Waals surface area contributed by atoms with Gasteiger partial charge in [-0.25, -0.2) is 9.97 Å². The lowest BCUT2D eigenvalue weighted by molar-refractivity contribution is 0.0756. The van der Waals surface area contributed by atoms with Gasteiger partial charge in [0.15, 0.2) is 0 Å². The molecule has 2 heterocycles. The fourth-order valence-corrected chi connectivity index (χ4v) is 1.99. The Kier molecular flexibility index (Phi) is 5.03. The Morgan fingerprint density at radius 1 is 1.33 bits per heavy atom. The number of amides is 1. The fourth-order valence-electron chi connectivity index (χ4n) is 1.99. The van der Waals surface area contributed by atoms with Crippen LogP contribution in [0.3, 0.4) is 0 Å². The molecule has 0 aliphatic carbocycles. The second-order valence-corrected chi connectivity index (χ2v) is 5.14. The van der Waals surface area contributed by atoms with E-state index in [1.54, 1.807) is 23.5 Å². The first-order valence-corrected chi connectivity index (χ1v) is 7.20. The average Bonchev–Trinajstić information content (AvgIpc) is 3.01. The van der Waals surface area contributed by atoms with Crippen molar-refractivity contribution in [2.45, 2.75) is 33.2 Å². The maximum absolute atomic E-state index is 12.4. The summed E-state index contributed by atoms with van der Waals surface area (Å²) >= 11 is 0. The van der Waals surface area contributed by atoms with Gasteiger partial charge in [0.2, 0.25) is 0 Å². The van der Waals surface area contributed by atoms with E-state index in [9.17, 15) is 4.79 Å². The Hall–Kier alpha value is -2.24. The first-order chi connectivity index (χ1) is 10.1. The van der Waals surface area contributed by atoms with Crippen LogP contribution < -0.4 is 0 Å². The third-order valence-electron chi connectivity index (χ3n) is 3.26. The Morgan fingerprint density at radius 2 is 2.05 bits per heavy atom. The molecule has 0 aromatic carbocycles. The third kappa shape index (κ3) is 3.87. The zero-order valence-corrected chi connectivity index (χ0v) is 12.7. The average molecular weight is 287 g/mol. The summed E-state index contributed by atoms with van der Waals surface area (Å²) in [7, 11) is 0. The zero-order valence-electron chi connectivity index (χ0n) is 12.7. The van der Waals surface area contributed by atoms with Crippen LogP contribution >= 0.6 is 0 Å². The molecule has 6 heteroatoms. The molecule has 6 nitrogen and oxygen atoms in total. The predicted molar refractivity (Wildman–Crippen MR) is 79.9 cm³/mol. The molecule has 2 aromatic rings. The van der Waals surface area contributed by atoms with Crippen molar-refractivity contribution in [3.05, 3.63) is 42.2 Å². The van der Waals surface area contributed by atoms with Crippen LogP contribution in [0, 0.1) is 0 Å². The Bertz CT molecular complexity index is 562. The highest BCUT2D eigenvalue weighted by Gasteiger charge is 2.15. The minimum absolute atomic E-state index is 0.0417. The van der Waals surface area contributed by atoms with Gasteiger partial charge in [0, 0.05) is 43.8 Å². The second-order valence-electron chi connectivity index (χ2n) is 5.14. The van der Waals surface area contributed by atoms with Gasteiger partial charge < -0.3 is 4.90 Å². The topological polar surface area (TPSA) is 63.9 Å². The quantitative estimate of drug-likeness (QED) is 0.814. The van der Waals surface area contributed by atoms with Gasteiger partial charge in [0.25, 0.3) is 5.91 Å². The smallest absolute Gasteiger partial charge is 0.257 e. The molecule has 0 saturated heterocycles. The standard InChI is InChI=1S/C15H21N5O/c1-4-19(8-9-20-7-5-6-18-20)15(21)13-10-16-14(12(2)3)17-11-13/h5-7,10-12H,4,8-9H2,1-3H3. The molecule has 0 atom stereocenters. The molecule has 0 aliphatic rings. The van der Waals surface area contributed by atoms with Gasteiger partial charge in [-0.2, -0.15) is 5.10 Å². The molecule has 0 saturated carbocycles. The fraction of sp³-hybridized carbons (Fsp3) is 0.467. The summed E-state index contributed by atoms with van der Waals surface area (Å²) in [5.74, 6) is 0.974. The highest BCUT2D eigenvalue weighted by atomic mass is 16.2. The van der Waals surface area contributed by atoms with Gasteiger partial charge in [0.1, 0.15) is 5.82 Å². The van der Waals surface area contributed by atoms with Gasteiger partial charge in [-0.15, -0.1) is 0 Å². The van der Waals surface area contributed by atoms with Crippen LogP contribution in [0.25, 0.3) is 0 Å². The number of nitrogens with zero attached hydrogens (tertiary/aromatic N) is 5. The number of likely N-dealkylation sites (N-methyl/N-ethyl adjacent to an activating group) is 1. The minimum Gasteiger partial charge on any atom is -0.337 e. The van der Waals surface area contributed by atoms with Gasteiger partial charge in [0.05, 0.1) is 12.1 Å². The molecule has 21 heavy (non-hydrogen) atoms. The first-order valence-electron chi connectivity index (χ1n) is 7.20. The van der Waals surface area contributed by atoms with E-state index in [-0.39, 0.29) is 11.8 Å². The maximum Gasteiger partial charge on any atom is 0.257 e. The summed E-state index contributed by atoms with van der Waals surface area (Å²) in [6.07, 6.45) is 6.85. The van der Waals surface area contributed by atoms with Gasteiger partial charge in [-0.05, 0) is 13.0 Å². The Morgan fingerprint density at radius 3 is 2.57 bits per heavy atom. The molecule has 2 aromatic heterocycles. The van der Waals surface area contributed by atoms with E-state index >= 15 is 0 Å². The summed E-state index contributed by atoms with van der Waals surface area (Å²) in [6.45, 7) is 7.95. The van der Waals surface area contributed by atoms with Gasteiger partial charge in [-0.1, -0.05) is 13.8 Å². The zero-order chi connectivity index (χ0) is 15.2. The van der Waals surface area contributed by atoms with Crippen molar-refractivity contribution in [3.8, 4) is 0 Å². The van der Waals surface area contributed by atoms with Crippen molar-refractivity contribution in [3.63, 3.8) is 0 Å². The van der Waals surface area contributed by atoms with Crippen LogP contribution in [-0.2, 0) is 6.54 Å². The molecule has 0 fully saturated rings. The third-order valence-corrected chi connectivity index (χ3v) is 3.26. The Balaban J connectivity index is 2.01. The van der Waals surface area contributed by atoms with E-state index in [4.69, 9.17) is 0 Å². The van der Waals surface area contributed by atoms with E-state index in [0.29, 0.717) is 25.2 Å². The van der Waals surface area contributed by atoms with Crippen molar-refractivity contribution < 1.29 is 4.79 Å². The summed E-state index contributed by atoms with van der Waals surface area (Å²) < 4.78 is 1.81. The highest BCUT2D eigenvalue weighted by Crippen LogP contribution is 2.09. The molecule has 0 bridgehead atoms. The predicted octanol–water partition coefficient (Wildman–Crippen LogP) is 1.96. The van der Waals surface area contributed by atoms with Crippen LogP contribution in [0.5, 0.6) is 0 Å². The number of rotatable bonds is 6. The van der Waals surface area contributed by atoms with Crippen LogP contribution in [0.1, 0.15) is 42.9 Å². The summed E-state index contributed by atoms with van der Waals surface area (Å²) in [4.78, 5) is 22.7. The van der Waals surface area contributed by atoms with Crippen LogP contribution in [0.2, 0.25) is 0 Å². The van der Waals surface area contributed by atoms with Crippen molar-refractivity contribution >= 4 is 5.91 Å². The number of carbonyl (C=O) groups is 1. The largest absolute Gasteiger partial charge is 0.337 e. The molecule has 2 rings (SSSR count). The summed E-state index contributed by atoms with van der Waals surface area (Å²) in [6, 6.07) is 1.87. The lowest BCUT2D eigenvalue weighted by atomic mass is 10.2. The molecule has 0 aliphatic heterocycles. The number of aromatic nitrogens is 4. The summed E-state index contributed by atoms with van der Waals surface area (Å²) in [5.41, 5.74) is 0.529. The van der Waals surface area contributed by atoms with E-state index < -0.39 is 0 Å². The van der Waals surface area contributed by atoms with Crippen LogP contribution in [-0.4, -0.2) is 43.6 Å². The van der Waals surface area contributed by atoms with E-state index in [1.807, 2.05) is 37.7 Å². The minimum atomic E-state index is -0.0417. The van der Waals surface area contributed by atoms with E-state index in [0.717, 1.165) is 5.82 Å². The van der Waals surface area contributed by atoms with Crippen molar-refractivity contribution in [1.29, 1.82) is 0 Å². The second kappa shape index (κ2) is 6.97. The number of hydrogen-bond donors (Lipinski definition) is 0. The molecule has 112 valence electrons. The number of hydrogen-bond acceptors (Lipinski definition) is 4. The molecular weight excluding hydrogens is 266 g/mol. The Labute approximate surface area is 124 Å². The van der Waals surface area contributed by atoms with Crippen molar-refractivity contribution in [2.75, 3.05) is 13.1 Å². The van der Waals surface area contributed by atoms with Gasteiger partial charge in [-0.3, -0.25) is 9.48 Å². The van der Waals surface area contributed by atoms with E-state index in [2.05, 4.69) is 15.1 Å². The van der Waals surface area contributed by atoms with Crippen LogP contribution in [0.4, 0.5) is 0 Å². The van der Waals surface area contributed by atoms with Crippen molar-refractivity contribution in [1.82, 2.24) is 24.6 Å². The molecule has 0 radical (unpaired) electrons. The van der Waals surface area contributed by atoms with Crippen molar-refractivity contribution in [2.24, 2.45) is 0 Å².